The predicted molar refractivity (Wildman–Crippen MR) is 191 cm³/mol. The van der Waals surface area contributed by atoms with Crippen LogP contribution in [0.4, 0.5) is 0 Å². The molecule has 10 heteroatoms. The van der Waals surface area contributed by atoms with E-state index in [-0.39, 0.29) is 36.7 Å². The van der Waals surface area contributed by atoms with Crippen LogP contribution in [-0.2, 0) is 21.4 Å². The maximum absolute atomic E-state index is 13.5. The van der Waals surface area contributed by atoms with Gasteiger partial charge in [-0.05, 0) is 91.4 Å². The third-order valence-electron chi connectivity index (χ3n) is 10.7. The zero-order valence-corrected chi connectivity index (χ0v) is 29.5. The Bertz CT molecular complexity index is 1660. The Morgan fingerprint density at radius 2 is 1.63 bits per heavy atom. The molecule has 2 fully saturated rings. The fourth-order valence-electron chi connectivity index (χ4n) is 7.38. The number of amides is 2. The number of hydrogen-bond donors (Lipinski definition) is 3. The maximum Gasteiger partial charge on any atom is 0.310 e. The van der Waals surface area contributed by atoms with Crippen molar-refractivity contribution >= 4 is 34.7 Å². The largest absolute Gasteiger partial charge is 0.481 e. The van der Waals surface area contributed by atoms with Crippen LogP contribution in [0.25, 0.3) is 17.0 Å². The Labute approximate surface area is 292 Å². The number of aliphatic hydroxyl groups excluding tert-OH is 1. The van der Waals surface area contributed by atoms with Crippen LogP contribution in [0.1, 0.15) is 91.4 Å². The normalized spacial score (nSPS) is 22.2. The molecule has 260 valence electrons. The van der Waals surface area contributed by atoms with Gasteiger partial charge in [0, 0.05) is 54.5 Å². The van der Waals surface area contributed by atoms with Gasteiger partial charge in [-0.25, -0.2) is 9.97 Å². The Kier molecular flexibility index (Phi) is 10.6. The van der Waals surface area contributed by atoms with Gasteiger partial charge in [0.25, 0.3) is 5.91 Å². The first-order valence-electron chi connectivity index (χ1n) is 17.6. The molecule has 0 radical (unpaired) electrons. The summed E-state index contributed by atoms with van der Waals surface area (Å²) in [5, 5.41) is 21.7. The van der Waals surface area contributed by atoms with Crippen LogP contribution in [0.2, 0.25) is 0 Å². The molecule has 9 nitrogen and oxygen atoms in total. The lowest BCUT2D eigenvalue weighted by Crippen LogP contribution is -2.59. The second-order valence-electron chi connectivity index (χ2n) is 15.1. The molecule has 2 atom stereocenters. The van der Waals surface area contributed by atoms with Crippen LogP contribution in [0, 0.1) is 23.7 Å². The fourth-order valence-corrected chi connectivity index (χ4v) is 8.35. The van der Waals surface area contributed by atoms with Gasteiger partial charge in [-0.2, -0.15) is 0 Å². The molecule has 2 amide bonds. The minimum absolute atomic E-state index is 0.0918. The van der Waals surface area contributed by atoms with Crippen molar-refractivity contribution in [3.8, 4) is 11.4 Å². The van der Waals surface area contributed by atoms with Crippen LogP contribution in [0.5, 0.6) is 0 Å². The van der Waals surface area contributed by atoms with Gasteiger partial charge >= 0.3 is 5.97 Å². The smallest absolute Gasteiger partial charge is 0.310 e. The average Bonchev–Trinajstić information content (AvgIpc) is 3.60. The first kappa shape index (κ1) is 35.0. The minimum atomic E-state index is -0.916. The molecular weight excluding hydrogens is 637 g/mol. The number of carboxylic acids is 1. The number of allylic oxidation sites excluding steroid dienone is 2. The topological polar surface area (TPSA) is 133 Å². The van der Waals surface area contributed by atoms with E-state index in [0.717, 1.165) is 59.1 Å². The summed E-state index contributed by atoms with van der Waals surface area (Å²) in [7, 11) is 0. The second kappa shape index (κ2) is 14.9. The lowest BCUT2D eigenvalue weighted by atomic mass is 9.71. The van der Waals surface area contributed by atoms with Crippen LogP contribution < -0.4 is 5.32 Å². The van der Waals surface area contributed by atoms with Gasteiger partial charge in [0.2, 0.25) is 5.91 Å². The van der Waals surface area contributed by atoms with Crippen molar-refractivity contribution < 1.29 is 24.6 Å². The highest BCUT2D eigenvalue weighted by Gasteiger charge is 2.39. The summed E-state index contributed by atoms with van der Waals surface area (Å²) in [6.45, 7) is 6.89. The molecular formula is C39H48N4O5S. The number of aromatic nitrogens is 2. The highest BCUT2D eigenvalue weighted by molar-refractivity contribution is 7.14. The van der Waals surface area contributed by atoms with Crippen molar-refractivity contribution in [3.05, 3.63) is 75.7 Å². The number of thiophene rings is 1. The summed E-state index contributed by atoms with van der Waals surface area (Å²) in [6.07, 6.45) is 14.6. The fraction of sp³-hybridized carbons (Fsp3) is 0.513. The molecule has 3 aromatic rings. The third-order valence-corrected chi connectivity index (χ3v) is 12.2. The first-order valence-corrected chi connectivity index (χ1v) is 18.4. The number of aliphatic carboxylic acids is 1. The number of nitrogens with one attached hydrogen (secondary N) is 1. The molecule has 0 bridgehead atoms. The standard InChI is InChI=1S/C39H48N4O5S/c1-39(2,3)34-17-16-33(49-34)36(45)42-32(37(46)43-21-31(22-43)38(47)48)18-24-4-10-29(11-5-24)35-40-19-30(20-41-35)28-14-12-27(13-15-28)26-8-6-25(23-44)7-9-26/h4-5,10-11,14,16-17,19-20,25-27,31-32,44H,6-9,12-13,15,18,21-23H2,1-3H3,(H,42,45)(H,47,48). The Balaban J connectivity index is 1.09. The van der Waals surface area contributed by atoms with E-state index >= 15 is 0 Å². The predicted octanol–water partition coefficient (Wildman–Crippen LogP) is 6.37. The van der Waals surface area contributed by atoms with E-state index in [4.69, 9.17) is 0 Å². The molecule has 1 aliphatic heterocycles. The van der Waals surface area contributed by atoms with Crippen molar-refractivity contribution in [1.29, 1.82) is 0 Å². The van der Waals surface area contributed by atoms with E-state index in [0.29, 0.717) is 23.2 Å². The molecule has 6 rings (SSSR count). The molecule has 2 aliphatic carbocycles. The number of carbonyl (C=O) groups excluding carboxylic acids is 2. The van der Waals surface area contributed by atoms with Crippen LogP contribution in [-0.4, -0.2) is 68.6 Å². The monoisotopic (exact) mass is 684 g/mol. The Hall–Kier alpha value is -3.89. The summed E-state index contributed by atoms with van der Waals surface area (Å²) in [6, 6.07) is 10.6. The van der Waals surface area contributed by atoms with Crippen molar-refractivity contribution in [1.82, 2.24) is 20.2 Å². The van der Waals surface area contributed by atoms with E-state index < -0.39 is 17.9 Å². The molecule has 0 spiro atoms. The number of carboxylic acid groups (broad SMARTS) is 1. The van der Waals surface area contributed by atoms with Crippen molar-refractivity contribution in [2.75, 3.05) is 19.7 Å². The van der Waals surface area contributed by atoms with Crippen LogP contribution in [0.15, 0.2) is 54.9 Å². The highest BCUT2D eigenvalue weighted by Crippen LogP contribution is 2.41. The number of benzene rings is 1. The van der Waals surface area contributed by atoms with Gasteiger partial charge in [-0.3, -0.25) is 14.4 Å². The lowest BCUT2D eigenvalue weighted by Gasteiger charge is -2.38. The van der Waals surface area contributed by atoms with E-state index in [9.17, 15) is 24.6 Å². The molecule has 1 aromatic carbocycles. The Morgan fingerprint density at radius 1 is 0.939 bits per heavy atom. The van der Waals surface area contributed by atoms with Gasteiger partial charge in [-0.1, -0.05) is 51.1 Å². The molecule has 49 heavy (non-hydrogen) atoms. The number of carbonyl (C=O) groups is 3. The summed E-state index contributed by atoms with van der Waals surface area (Å²) in [4.78, 5) is 50.6. The number of hydrogen-bond acceptors (Lipinski definition) is 7. The number of rotatable bonds is 10. The van der Waals surface area contributed by atoms with Crippen LogP contribution >= 0.6 is 11.3 Å². The molecule has 2 aromatic heterocycles. The van der Waals surface area contributed by atoms with E-state index in [1.807, 2.05) is 42.7 Å². The van der Waals surface area contributed by atoms with Crippen molar-refractivity contribution in [2.45, 2.75) is 83.6 Å². The molecule has 3 heterocycles. The highest BCUT2D eigenvalue weighted by atomic mass is 32.1. The zero-order valence-electron chi connectivity index (χ0n) is 28.7. The van der Waals surface area contributed by atoms with Crippen molar-refractivity contribution in [2.24, 2.45) is 23.7 Å². The minimum Gasteiger partial charge on any atom is -0.481 e. The van der Waals surface area contributed by atoms with E-state index in [1.165, 1.54) is 41.1 Å². The number of likely N-dealkylation sites (tertiary alicyclic amines) is 1. The SMILES string of the molecule is CC(C)(C)c1ccc(C(=O)NC(Cc2ccc(-c3ncc(C4=CCC(C5CCC(CO)CC5)CC4)cn3)cc2)C(=O)N2CC(C(=O)O)C2)s1. The quantitative estimate of drug-likeness (QED) is 0.226. The summed E-state index contributed by atoms with van der Waals surface area (Å²) >= 11 is 1.42. The van der Waals surface area contributed by atoms with Gasteiger partial charge in [0.05, 0.1) is 10.8 Å². The Morgan fingerprint density at radius 3 is 2.20 bits per heavy atom. The van der Waals surface area contributed by atoms with Crippen molar-refractivity contribution in [3.63, 3.8) is 0 Å². The van der Waals surface area contributed by atoms with Gasteiger partial charge in [-0.15, -0.1) is 11.3 Å². The summed E-state index contributed by atoms with van der Waals surface area (Å²) < 4.78 is 0. The van der Waals surface area contributed by atoms with E-state index in [2.05, 4.69) is 42.1 Å². The maximum atomic E-state index is 13.5. The van der Waals surface area contributed by atoms with Gasteiger partial charge in [0.1, 0.15) is 6.04 Å². The molecule has 3 N–H and O–H groups in total. The third kappa shape index (κ3) is 8.29. The summed E-state index contributed by atoms with van der Waals surface area (Å²) in [5.74, 6) is 0.540. The summed E-state index contributed by atoms with van der Waals surface area (Å²) in [5.41, 5.74) is 4.01. The van der Waals surface area contributed by atoms with Gasteiger partial charge in [0.15, 0.2) is 5.82 Å². The van der Waals surface area contributed by atoms with E-state index in [1.54, 1.807) is 6.07 Å². The molecule has 3 aliphatic rings. The van der Waals surface area contributed by atoms with Crippen LogP contribution in [0.3, 0.4) is 0 Å². The first-order chi connectivity index (χ1) is 23.5. The lowest BCUT2D eigenvalue weighted by molar-refractivity contribution is -0.153. The van der Waals surface area contributed by atoms with Gasteiger partial charge < -0.3 is 20.4 Å². The zero-order chi connectivity index (χ0) is 34.7. The molecule has 1 saturated carbocycles. The second-order valence-corrected chi connectivity index (χ2v) is 16.2. The molecule has 1 saturated heterocycles. The number of aliphatic hydroxyl groups is 1. The average molecular weight is 685 g/mol. The number of nitrogens with zero attached hydrogens (tertiary/aromatic N) is 3. The molecule has 2 unspecified atom stereocenters.